The highest BCUT2D eigenvalue weighted by molar-refractivity contribution is 7.02. The highest BCUT2D eigenvalue weighted by atomic mass is 32.1. The Labute approximate surface area is 110 Å². The van der Waals surface area contributed by atoms with Crippen molar-refractivity contribution in [3.05, 3.63) is 39.1 Å². The fraction of sp³-hybridized carbons (Fsp3) is 0.200. The standard InChI is InChI=1S/C10H3F6NO2S/c11-9(12,13)5-1-4(7-17-20-8(18)19-7)2-6(3-5)10(14,15)16/h1-3H. The minimum atomic E-state index is -4.97. The van der Waals surface area contributed by atoms with Gasteiger partial charge in [-0.05, 0) is 18.2 Å². The van der Waals surface area contributed by atoms with Crippen LogP contribution in [0.2, 0.25) is 0 Å². The highest BCUT2D eigenvalue weighted by Gasteiger charge is 2.37. The molecule has 0 radical (unpaired) electrons. The van der Waals surface area contributed by atoms with Gasteiger partial charge in [0.1, 0.15) is 0 Å². The smallest absolute Gasteiger partial charge is 0.394 e. The van der Waals surface area contributed by atoms with Crippen LogP contribution in [0.1, 0.15) is 11.1 Å². The van der Waals surface area contributed by atoms with Gasteiger partial charge in [0.05, 0.1) is 22.7 Å². The maximum absolute atomic E-state index is 12.6. The summed E-state index contributed by atoms with van der Waals surface area (Å²) < 4.78 is 83.3. The molecular formula is C10H3F6NO2S. The van der Waals surface area contributed by atoms with Gasteiger partial charge in [0, 0.05) is 5.56 Å². The van der Waals surface area contributed by atoms with Crippen LogP contribution in [0.5, 0.6) is 0 Å². The van der Waals surface area contributed by atoms with Gasteiger partial charge >= 0.3 is 17.3 Å². The lowest BCUT2D eigenvalue weighted by Crippen LogP contribution is -2.11. The Kier molecular flexibility index (Phi) is 3.36. The fourth-order valence-corrected chi connectivity index (χ4v) is 1.80. The van der Waals surface area contributed by atoms with Crippen LogP contribution in [0.3, 0.4) is 0 Å². The molecule has 0 spiro atoms. The van der Waals surface area contributed by atoms with E-state index in [2.05, 4.69) is 8.79 Å². The lowest BCUT2D eigenvalue weighted by atomic mass is 10.0. The van der Waals surface area contributed by atoms with Crippen molar-refractivity contribution in [2.75, 3.05) is 0 Å². The summed E-state index contributed by atoms with van der Waals surface area (Å²) in [4.78, 5) is 9.85. The molecule has 108 valence electrons. The van der Waals surface area contributed by atoms with Crippen LogP contribution < -0.4 is 4.94 Å². The molecule has 0 bridgehead atoms. The third-order valence-electron chi connectivity index (χ3n) is 2.22. The van der Waals surface area contributed by atoms with Gasteiger partial charge in [-0.25, -0.2) is 4.79 Å². The first-order chi connectivity index (χ1) is 9.07. The molecule has 1 heterocycles. The fourth-order valence-electron chi connectivity index (χ4n) is 1.38. The average molecular weight is 315 g/mol. The summed E-state index contributed by atoms with van der Waals surface area (Å²) in [5.74, 6) is -0.586. The molecule has 1 aromatic carbocycles. The summed E-state index contributed by atoms with van der Waals surface area (Å²) >= 11 is 0.291. The van der Waals surface area contributed by atoms with Crippen LogP contribution in [0.4, 0.5) is 26.3 Å². The van der Waals surface area contributed by atoms with E-state index in [0.717, 1.165) is 0 Å². The molecule has 0 aliphatic heterocycles. The van der Waals surface area contributed by atoms with Gasteiger partial charge < -0.3 is 4.42 Å². The SMILES string of the molecule is O=c1oc(-c2cc(C(F)(F)F)cc(C(F)(F)F)c2)ns1. The van der Waals surface area contributed by atoms with Crippen molar-refractivity contribution in [2.45, 2.75) is 12.4 Å². The summed E-state index contributed by atoms with van der Waals surface area (Å²) in [5, 5.41) is 0. The van der Waals surface area contributed by atoms with E-state index in [4.69, 9.17) is 0 Å². The Morgan fingerprint density at radius 1 is 0.950 bits per heavy atom. The number of nitrogens with zero attached hydrogens (tertiary/aromatic N) is 1. The van der Waals surface area contributed by atoms with Crippen LogP contribution in [-0.4, -0.2) is 4.37 Å². The number of alkyl halides is 6. The van der Waals surface area contributed by atoms with Gasteiger partial charge in [0.15, 0.2) is 0 Å². The van der Waals surface area contributed by atoms with Crippen molar-refractivity contribution in [1.29, 1.82) is 0 Å². The maximum atomic E-state index is 12.6. The highest BCUT2D eigenvalue weighted by Crippen LogP contribution is 2.38. The molecule has 0 atom stereocenters. The zero-order chi connectivity index (χ0) is 15.1. The van der Waals surface area contributed by atoms with Gasteiger partial charge in [-0.15, -0.1) is 4.37 Å². The summed E-state index contributed by atoms with van der Waals surface area (Å²) in [7, 11) is 0. The second-order valence-corrected chi connectivity index (χ2v) is 4.33. The molecule has 0 aliphatic carbocycles. The van der Waals surface area contributed by atoms with E-state index in [1.165, 1.54) is 0 Å². The van der Waals surface area contributed by atoms with E-state index in [1.54, 1.807) is 0 Å². The number of rotatable bonds is 1. The largest absolute Gasteiger partial charge is 0.416 e. The first-order valence-corrected chi connectivity index (χ1v) is 5.61. The molecule has 1 aromatic heterocycles. The van der Waals surface area contributed by atoms with Crippen molar-refractivity contribution < 1.29 is 30.8 Å². The Balaban J connectivity index is 2.66. The maximum Gasteiger partial charge on any atom is 0.416 e. The molecule has 0 N–H and O–H groups in total. The normalized spacial score (nSPS) is 12.7. The predicted molar refractivity (Wildman–Crippen MR) is 56.1 cm³/mol. The van der Waals surface area contributed by atoms with E-state index >= 15 is 0 Å². The molecular weight excluding hydrogens is 312 g/mol. The summed E-state index contributed by atoms with van der Waals surface area (Å²) in [5.41, 5.74) is -3.57. The number of aromatic nitrogens is 1. The van der Waals surface area contributed by atoms with Crippen LogP contribution in [0.25, 0.3) is 11.5 Å². The zero-order valence-electron chi connectivity index (χ0n) is 9.17. The molecule has 0 unspecified atom stereocenters. The summed E-state index contributed by atoms with van der Waals surface area (Å²) in [6.45, 7) is 0. The van der Waals surface area contributed by atoms with Crippen LogP contribution >= 0.6 is 11.5 Å². The first-order valence-electron chi connectivity index (χ1n) is 4.84. The molecule has 0 aliphatic rings. The molecule has 20 heavy (non-hydrogen) atoms. The molecule has 10 heteroatoms. The Morgan fingerprint density at radius 3 is 1.80 bits per heavy atom. The Hall–Kier alpha value is -1.84. The lowest BCUT2D eigenvalue weighted by molar-refractivity contribution is -0.143. The molecule has 0 saturated carbocycles. The number of benzene rings is 1. The van der Waals surface area contributed by atoms with Gasteiger partial charge in [-0.1, -0.05) is 0 Å². The molecule has 0 fully saturated rings. The van der Waals surface area contributed by atoms with Crippen LogP contribution in [-0.2, 0) is 12.4 Å². The Bertz CT molecular complexity index is 652. The second kappa shape index (κ2) is 4.62. The monoisotopic (exact) mass is 315 g/mol. The van der Waals surface area contributed by atoms with E-state index in [9.17, 15) is 31.1 Å². The van der Waals surface area contributed by atoms with Gasteiger partial charge in [0.2, 0.25) is 5.89 Å². The average Bonchev–Trinajstić information content (AvgIpc) is 2.73. The van der Waals surface area contributed by atoms with Gasteiger partial charge in [0.25, 0.3) is 0 Å². The number of halogens is 6. The van der Waals surface area contributed by atoms with Crippen molar-refractivity contribution in [3.63, 3.8) is 0 Å². The molecule has 2 rings (SSSR count). The topological polar surface area (TPSA) is 43.1 Å². The number of hydrogen-bond donors (Lipinski definition) is 0. The molecule has 0 amide bonds. The van der Waals surface area contributed by atoms with Gasteiger partial charge in [-0.2, -0.15) is 26.3 Å². The minimum Gasteiger partial charge on any atom is -0.394 e. The second-order valence-electron chi connectivity index (χ2n) is 3.63. The van der Waals surface area contributed by atoms with Crippen molar-refractivity contribution in [3.8, 4) is 11.5 Å². The predicted octanol–water partition coefficient (Wildman–Crippen LogP) is 3.80. The third-order valence-corrected chi connectivity index (χ3v) is 2.71. The molecule has 3 nitrogen and oxygen atoms in total. The van der Waals surface area contributed by atoms with E-state index in [0.29, 0.717) is 23.7 Å². The van der Waals surface area contributed by atoms with Crippen LogP contribution in [0, 0.1) is 0 Å². The third kappa shape index (κ3) is 3.00. The summed E-state index contributed by atoms with van der Waals surface area (Å²) in [6.07, 6.45) is -9.93. The zero-order valence-corrected chi connectivity index (χ0v) is 9.99. The summed E-state index contributed by atoms with van der Waals surface area (Å²) in [6, 6.07) is 0.856. The van der Waals surface area contributed by atoms with E-state index < -0.39 is 39.9 Å². The molecule has 2 aromatic rings. The number of hydrogen-bond acceptors (Lipinski definition) is 4. The van der Waals surface area contributed by atoms with Crippen molar-refractivity contribution in [2.24, 2.45) is 0 Å². The van der Waals surface area contributed by atoms with Crippen molar-refractivity contribution >= 4 is 11.5 Å². The first kappa shape index (κ1) is 14.6. The van der Waals surface area contributed by atoms with E-state index in [1.807, 2.05) is 0 Å². The van der Waals surface area contributed by atoms with Gasteiger partial charge in [-0.3, -0.25) is 0 Å². The Morgan fingerprint density at radius 2 is 1.45 bits per heavy atom. The van der Waals surface area contributed by atoms with Crippen molar-refractivity contribution in [1.82, 2.24) is 4.37 Å². The van der Waals surface area contributed by atoms with E-state index in [-0.39, 0.29) is 6.07 Å². The lowest BCUT2D eigenvalue weighted by Gasteiger charge is -2.12. The van der Waals surface area contributed by atoms with Crippen LogP contribution in [0.15, 0.2) is 27.4 Å². The quantitative estimate of drug-likeness (QED) is 0.752. The molecule has 0 saturated heterocycles. The minimum absolute atomic E-state index is 0.0199.